The van der Waals surface area contributed by atoms with Gasteiger partial charge in [0.2, 0.25) is 11.9 Å². The van der Waals surface area contributed by atoms with Gasteiger partial charge in [-0.15, -0.1) is 0 Å². The normalized spacial score (nSPS) is 20.6. The minimum Gasteiger partial charge on any atom is -0.493 e. The molecule has 154 valence electrons. The Morgan fingerprint density at radius 1 is 1.24 bits per heavy atom. The van der Waals surface area contributed by atoms with Gasteiger partial charge >= 0.3 is 0 Å². The minimum absolute atomic E-state index is 0.0658. The van der Waals surface area contributed by atoms with Crippen LogP contribution in [0.1, 0.15) is 42.5 Å². The number of benzene rings is 1. The molecule has 0 bridgehead atoms. The highest BCUT2D eigenvalue weighted by molar-refractivity contribution is 5.77. The van der Waals surface area contributed by atoms with Crippen molar-refractivity contribution in [2.75, 3.05) is 33.0 Å². The summed E-state index contributed by atoms with van der Waals surface area (Å²) in [5.74, 6) is 1.90. The van der Waals surface area contributed by atoms with E-state index in [0.717, 1.165) is 50.0 Å². The fraction of sp³-hybridized carbons (Fsp3) is 0.500. The van der Waals surface area contributed by atoms with Gasteiger partial charge in [0, 0.05) is 31.1 Å². The first-order valence-corrected chi connectivity index (χ1v) is 10.2. The van der Waals surface area contributed by atoms with Crippen molar-refractivity contribution in [1.82, 2.24) is 14.9 Å². The summed E-state index contributed by atoms with van der Waals surface area (Å²) in [4.78, 5) is 23.7. The fourth-order valence-corrected chi connectivity index (χ4v) is 4.74. The zero-order valence-corrected chi connectivity index (χ0v) is 17.1. The SMILES string of the molecule is COc1ccc(CCC(=O)N2CCCC3(CCc4cnc(N)nc43)C2)cc1OC. The molecule has 0 radical (unpaired) electrons. The summed E-state index contributed by atoms with van der Waals surface area (Å²) in [7, 11) is 3.24. The Balaban J connectivity index is 1.43. The topological polar surface area (TPSA) is 90.6 Å². The molecule has 1 unspecified atom stereocenters. The van der Waals surface area contributed by atoms with Crippen LogP contribution >= 0.6 is 0 Å². The maximum atomic E-state index is 13.0. The number of nitrogens with zero attached hydrogens (tertiary/aromatic N) is 3. The molecule has 1 spiro atoms. The van der Waals surface area contributed by atoms with Gasteiger partial charge in [0.05, 0.1) is 19.9 Å². The molecule has 29 heavy (non-hydrogen) atoms. The molecule has 1 aliphatic heterocycles. The van der Waals surface area contributed by atoms with Crippen molar-refractivity contribution < 1.29 is 14.3 Å². The fourth-order valence-electron chi connectivity index (χ4n) is 4.74. The number of hydrogen-bond donors (Lipinski definition) is 1. The van der Waals surface area contributed by atoms with Gasteiger partial charge in [-0.05, 0) is 55.4 Å². The smallest absolute Gasteiger partial charge is 0.222 e. The number of nitrogens with two attached hydrogens (primary N) is 1. The van der Waals surface area contributed by atoms with Crippen LogP contribution in [0, 0.1) is 0 Å². The van der Waals surface area contributed by atoms with E-state index >= 15 is 0 Å². The number of piperidine rings is 1. The van der Waals surface area contributed by atoms with Gasteiger partial charge in [-0.1, -0.05) is 6.07 Å². The van der Waals surface area contributed by atoms with Crippen LogP contribution in [0.5, 0.6) is 11.5 Å². The van der Waals surface area contributed by atoms with E-state index in [1.165, 1.54) is 5.56 Å². The quantitative estimate of drug-likeness (QED) is 0.835. The lowest BCUT2D eigenvalue weighted by molar-refractivity contribution is -0.133. The molecule has 2 heterocycles. The molecule has 0 saturated carbocycles. The molecule has 2 N–H and O–H groups in total. The Kier molecular flexibility index (Phi) is 5.30. The molecule has 7 heteroatoms. The van der Waals surface area contributed by atoms with E-state index in [2.05, 4.69) is 9.97 Å². The number of methoxy groups -OCH3 is 2. The first kappa shape index (κ1) is 19.5. The van der Waals surface area contributed by atoms with Crippen molar-refractivity contribution in [3.05, 3.63) is 41.2 Å². The molecular formula is C22H28N4O3. The van der Waals surface area contributed by atoms with Crippen molar-refractivity contribution in [2.24, 2.45) is 0 Å². The zero-order chi connectivity index (χ0) is 20.4. The summed E-state index contributed by atoms with van der Waals surface area (Å²) in [5.41, 5.74) is 9.09. The van der Waals surface area contributed by atoms with Crippen LogP contribution in [0.4, 0.5) is 5.95 Å². The molecular weight excluding hydrogens is 368 g/mol. The summed E-state index contributed by atoms with van der Waals surface area (Å²) >= 11 is 0. The minimum atomic E-state index is -0.0658. The number of amides is 1. The van der Waals surface area contributed by atoms with Gasteiger partial charge in [-0.2, -0.15) is 0 Å². The first-order valence-electron chi connectivity index (χ1n) is 10.2. The second-order valence-electron chi connectivity index (χ2n) is 7.99. The van der Waals surface area contributed by atoms with Gasteiger partial charge < -0.3 is 20.1 Å². The third-order valence-electron chi connectivity index (χ3n) is 6.26. The molecule has 2 aliphatic rings. The molecule has 2 aromatic rings. The number of ether oxygens (including phenoxy) is 2. The van der Waals surface area contributed by atoms with Gasteiger partial charge in [0.1, 0.15) is 0 Å². The van der Waals surface area contributed by atoms with E-state index in [-0.39, 0.29) is 11.3 Å². The van der Waals surface area contributed by atoms with Crippen molar-refractivity contribution in [3.63, 3.8) is 0 Å². The number of likely N-dealkylation sites (tertiary alicyclic amines) is 1. The van der Waals surface area contributed by atoms with Crippen LogP contribution in [-0.2, 0) is 23.1 Å². The number of aryl methyl sites for hydroxylation is 2. The molecule has 7 nitrogen and oxygen atoms in total. The van der Waals surface area contributed by atoms with Crippen LogP contribution in [0.2, 0.25) is 0 Å². The highest BCUT2D eigenvalue weighted by Gasteiger charge is 2.44. The number of nitrogen functional groups attached to an aromatic ring is 1. The van der Waals surface area contributed by atoms with Crippen LogP contribution < -0.4 is 15.2 Å². The van der Waals surface area contributed by atoms with Crippen LogP contribution in [-0.4, -0.2) is 48.1 Å². The zero-order valence-electron chi connectivity index (χ0n) is 17.1. The largest absolute Gasteiger partial charge is 0.493 e. The number of fused-ring (bicyclic) bond motifs is 2. The highest BCUT2D eigenvalue weighted by atomic mass is 16.5. The van der Waals surface area contributed by atoms with E-state index in [4.69, 9.17) is 15.2 Å². The second-order valence-corrected chi connectivity index (χ2v) is 7.99. The number of carbonyl (C=O) groups excluding carboxylic acids is 1. The maximum Gasteiger partial charge on any atom is 0.222 e. The molecule has 1 aromatic heterocycles. The Morgan fingerprint density at radius 3 is 2.86 bits per heavy atom. The number of hydrogen-bond acceptors (Lipinski definition) is 6. The molecule has 1 aromatic carbocycles. The lowest BCUT2D eigenvalue weighted by Gasteiger charge is -2.40. The second kappa shape index (κ2) is 7.89. The summed E-state index contributed by atoms with van der Waals surface area (Å²) in [6.45, 7) is 1.53. The predicted molar refractivity (Wildman–Crippen MR) is 110 cm³/mol. The highest BCUT2D eigenvalue weighted by Crippen LogP contribution is 2.44. The molecule has 1 fully saturated rings. The van der Waals surface area contributed by atoms with Crippen LogP contribution in [0.25, 0.3) is 0 Å². The molecule has 1 amide bonds. The summed E-state index contributed by atoms with van der Waals surface area (Å²) in [6, 6.07) is 5.81. The van der Waals surface area contributed by atoms with Gasteiger partial charge in [0.25, 0.3) is 0 Å². The molecule has 1 saturated heterocycles. The Morgan fingerprint density at radius 2 is 2.07 bits per heavy atom. The van der Waals surface area contributed by atoms with E-state index < -0.39 is 0 Å². The molecule has 4 rings (SSSR count). The summed E-state index contributed by atoms with van der Waals surface area (Å²) < 4.78 is 10.6. The average Bonchev–Trinajstić information content (AvgIpc) is 3.08. The number of carbonyl (C=O) groups is 1. The van der Waals surface area contributed by atoms with E-state index in [1.54, 1.807) is 14.2 Å². The van der Waals surface area contributed by atoms with Crippen molar-refractivity contribution in [3.8, 4) is 11.5 Å². The standard InChI is InChI=1S/C22H28N4O3/c1-28-17-6-4-15(12-18(17)29-2)5-7-19(27)26-11-3-9-22(14-26)10-8-16-13-24-21(23)25-20(16)22/h4,6,12-13H,3,5,7-11,14H2,1-2H3,(H2,23,24,25). The lowest BCUT2D eigenvalue weighted by Crippen LogP contribution is -2.48. The van der Waals surface area contributed by atoms with Crippen LogP contribution in [0.3, 0.4) is 0 Å². The van der Waals surface area contributed by atoms with Crippen molar-refractivity contribution in [1.29, 1.82) is 0 Å². The Bertz CT molecular complexity index is 913. The van der Waals surface area contributed by atoms with Gasteiger partial charge in [-0.25, -0.2) is 9.97 Å². The maximum absolute atomic E-state index is 13.0. The third kappa shape index (κ3) is 3.73. The number of anilines is 1. The lowest BCUT2D eigenvalue weighted by atomic mass is 9.77. The summed E-state index contributed by atoms with van der Waals surface area (Å²) in [6.07, 6.45) is 7.02. The predicted octanol–water partition coefficient (Wildman–Crippen LogP) is 2.52. The Labute approximate surface area is 171 Å². The molecule has 1 atom stereocenters. The third-order valence-corrected chi connectivity index (χ3v) is 6.26. The van der Waals surface area contributed by atoms with E-state index in [1.807, 2.05) is 29.3 Å². The molecule has 1 aliphatic carbocycles. The van der Waals surface area contributed by atoms with Crippen LogP contribution in [0.15, 0.2) is 24.4 Å². The van der Waals surface area contributed by atoms with E-state index in [9.17, 15) is 4.79 Å². The van der Waals surface area contributed by atoms with E-state index in [0.29, 0.717) is 30.3 Å². The van der Waals surface area contributed by atoms with Gasteiger partial charge in [0.15, 0.2) is 11.5 Å². The first-order chi connectivity index (χ1) is 14.0. The average molecular weight is 396 g/mol. The Hall–Kier alpha value is -2.83. The monoisotopic (exact) mass is 396 g/mol. The van der Waals surface area contributed by atoms with Crippen molar-refractivity contribution in [2.45, 2.75) is 43.9 Å². The van der Waals surface area contributed by atoms with Gasteiger partial charge in [-0.3, -0.25) is 4.79 Å². The van der Waals surface area contributed by atoms with Crippen molar-refractivity contribution >= 4 is 11.9 Å². The number of rotatable bonds is 5. The number of aromatic nitrogens is 2. The summed E-state index contributed by atoms with van der Waals surface area (Å²) in [5, 5.41) is 0.